The Hall–Kier alpha value is -4.33. The van der Waals surface area contributed by atoms with Gasteiger partial charge in [-0.1, -0.05) is 84.4 Å². The molecule has 1 aliphatic rings. The minimum absolute atomic E-state index is 0.0939. The summed E-state index contributed by atoms with van der Waals surface area (Å²) in [6, 6.07) is 30.7. The van der Waals surface area contributed by atoms with Crippen molar-refractivity contribution in [2.24, 2.45) is 0 Å². The number of carbonyl (C=O) groups excluding carboxylic acids is 2. The summed E-state index contributed by atoms with van der Waals surface area (Å²) in [5, 5.41) is 16.1. The van der Waals surface area contributed by atoms with Gasteiger partial charge in [0.05, 0.1) is 11.3 Å². The Labute approximate surface area is 257 Å². The molecule has 5 rings (SSSR count). The van der Waals surface area contributed by atoms with Crippen LogP contribution < -0.4 is 10.6 Å². The van der Waals surface area contributed by atoms with Crippen LogP contribution in [0.3, 0.4) is 0 Å². The second-order valence-corrected chi connectivity index (χ2v) is 11.2. The highest BCUT2D eigenvalue weighted by Crippen LogP contribution is 2.28. The molecule has 0 aromatic heterocycles. The van der Waals surface area contributed by atoms with Crippen molar-refractivity contribution in [3.63, 3.8) is 0 Å². The lowest BCUT2D eigenvalue weighted by Crippen LogP contribution is -2.39. The number of anilines is 1. The zero-order chi connectivity index (χ0) is 30.0. The van der Waals surface area contributed by atoms with E-state index in [9.17, 15) is 14.7 Å². The number of hydrogen-bond donors (Lipinski definition) is 3. The van der Waals surface area contributed by atoms with Gasteiger partial charge < -0.3 is 20.1 Å². The first kappa shape index (κ1) is 30.1. The van der Waals surface area contributed by atoms with Gasteiger partial charge in [0.1, 0.15) is 11.9 Å². The molecule has 4 aromatic carbocycles. The molecule has 2 amide bonds. The molecule has 43 heavy (non-hydrogen) atoms. The van der Waals surface area contributed by atoms with Gasteiger partial charge in [-0.3, -0.25) is 10.1 Å². The van der Waals surface area contributed by atoms with Crippen molar-refractivity contribution >= 4 is 29.3 Å². The van der Waals surface area contributed by atoms with Crippen molar-refractivity contribution in [1.82, 2.24) is 10.2 Å². The van der Waals surface area contributed by atoms with Crippen molar-refractivity contribution in [3.8, 4) is 16.9 Å². The molecule has 222 valence electrons. The summed E-state index contributed by atoms with van der Waals surface area (Å²) in [5.74, 6) is -0.453. The number of benzene rings is 4. The first-order valence-corrected chi connectivity index (χ1v) is 15.0. The largest absolute Gasteiger partial charge is 0.507 e. The zero-order valence-electron chi connectivity index (χ0n) is 24.0. The fourth-order valence-corrected chi connectivity index (χ4v) is 5.44. The topological polar surface area (TPSA) is 90.9 Å². The number of hydrogen-bond acceptors (Lipinski definition) is 5. The highest BCUT2D eigenvalue weighted by Gasteiger charge is 2.22. The van der Waals surface area contributed by atoms with E-state index in [0.29, 0.717) is 18.0 Å². The number of aromatic hydroxyl groups is 1. The van der Waals surface area contributed by atoms with Gasteiger partial charge >= 0.3 is 6.09 Å². The molecule has 4 aromatic rings. The van der Waals surface area contributed by atoms with Crippen LogP contribution in [0.1, 0.15) is 34.3 Å². The van der Waals surface area contributed by atoms with Crippen LogP contribution in [0, 0.1) is 0 Å². The van der Waals surface area contributed by atoms with Crippen LogP contribution in [0.15, 0.2) is 97.1 Å². The van der Waals surface area contributed by atoms with E-state index < -0.39 is 6.09 Å². The summed E-state index contributed by atoms with van der Waals surface area (Å²) in [4.78, 5) is 27.4. The lowest BCUT2D eigenvalue weighted by atomic mass is 10.0. The predicted octanol–water partition coefficient (Wildman–Crippen LogP) is 6.94. The molecule has 0 atom stereocenters. The Morgan fingerprint density at radius 1 is 0.860 bits per heavy atom. The average molecular weight is 598 g/mol. The molecule has 1 heterocycles. The zero-order valence-corrected chi connectivity index (χ0v) is 24.7. The molecule has 0 saturated carbocycles. The highest BCUT2D eigenvalue weighted by atomic mass is 35.5. The third-order valence-electron chi connectivity index (χ3n) is 7.70. The number of rotatable bonds is 10. The summed E-state index contributed by atoms with van der Waals surface area (Å²) in [5.41, 5.74) is 5.35. The molecule has 0 unspecified atom stereocenters. The van der Waals surface area contributed by atoms with Gasteiger partial charge in [-0.15, -0.1) is 0 Å². The molecule has 1 aliphatic heterocycles. The number of phenols is 1. The Balaban J connectivity index is 1.00. The number of carbonyl (C=O) groups is 2. The van der Waals surface area contributed by atoms with Crippen LogP contribution in [0.5, 0.6) is 5.75 Å². The van der Waals surface area contributed by atoms with Gasteiger partial charge in [-0.2, -0.15) is 0 Å². The highest BCUT2D eigenvalue weighted by molar-refractivity contribution is 6.30. The molecule has 8 heteroatoms. The first-order chi connectivity index (χ1) is 20.9. The number of piperidine rings is 1. The summed E-state index contributed by atoms with van der Waals surface area (Å²) >= 11 is 5.84. The van der Waals surface area contributed by atoms with E-state index in [1.54, 1.807) is 6.07 Å². The monoisotopic (exact) mass is 597 g/mol. The SMILES string of the molecule is O=C(Nc1ccccc1-c1ccccc1)OC1CCN(CCc2ccc(CCNC(=O)c3ccc(Cl)cc3O)cc2)CC1. The number of para-hydroxylation sites is 1. The van der Waals surface area contributed by atoms with E-state index in [4.69, 9.17) is 16.3 Å². The van der Waals surface area contributed by atoms with Crippen LogP contribution in [-0.4, -0.2) is 54.3 Å². The van der Waals surface area contributed by atoms with Gasteiger partial charge in [0.15, 0.2) is 0 Å². The standard InChI is InChI=1S/C35H36ClN3O4/c36-28-14-15-31(33(40)24-28)34(41)37-20-16-25-10-12-26(13-11-25)17-21-39-22-18-29(19-23-39)43-35(42)38-32-9-5-4-8-30(32)27-6-2-1-3-7-27/h1-15,24,29,40H,16-23H2,(H,37,41)(H,38,42). The van der Waals surface area contributed by atoms with Crippen LogP contribution in [-0.2, 0) is 17.6 Å². The Kier molecular flexibility index (Phi) is 10.3. The number of ether oxygens (including phenoxy) is 1. The van der Waals surface area contributed by atoms with E-state index in [-0.39, 0.29) is 23.3 Å². The number of halogens is 1. The van der Waals surface area contributed by atoms with Gasteiger partial charge in [-0.25, -0.2) is 4.79 Å². The number of amides is 2. The van der Waals surface area contributed by atoms with E-state index in [2.05, 4.69) is 39.8 Å². The molecule has 0 radical (unpaired) electrons. The van der Waals surface area contributed by atoms with Crippen LogP contribution >= 0.6 is 11.6 Å². The second kappa shape index (κ2) is 14.7. The molecule has 3 N–H and O–H groups in total. The van der Waals surface area contributed by atoms with Crippen molar-refractivity contribution in [2.75, 3.05) is 31.5 Å². The summed E-state index contributed by atoms with van der Waals surface area (Å²) in [7, 11) is 0. The van der Waals surface area contributed by atoms with Gasteiger partial charge in [0, 0.05) is 36.8 Å². The molecule has 1 saturated heterocycles. The second-order valence-electron chi connectivity index (χ2n) is 10.7. The summed E-state index contributed by atoms with van der Waals surface area (Å²) in [6.45, 7) is 3.19. The summed E-state index contributed by atoms with van der Waals surface area (Å²) in [6.07, 6.45) is 2.75. The maximum Gasteiger partial charge on any atom is 0.411 e. The molecular formula is C35H36ClN3O4. The van der Waals surface area contributed by atoms with Crippen molar-refractivity contribution in [1.29, 1.82) is 0 Å². The van der Waals surface area contributed by atoms with E-state index in [1.165, 1.54) is 17.7 Å². The first-order valence-electron chi connectivity index (χ1n) is 14.6. The Morgan fingerprint density at radius 2 is 1.53 bits per heavy atom. The van der Waals surface area contributed by atoms with Gasteiger partial charge in [0.25, 0.3) is 5.91 Å². The third-order valence-corrected chi connectivity index (χ3v) is 7.94. The maximum absolute atomic E-state index is 12.7. The number of nitrogens with one attached hydrogen (secondary N) is 2. The molecule has 1 fully saturated rings. The number of likely N-dealkylation sites (tertiary alicyclic amines) is 1. The molecule has 0 spiro atoms. The fourth-order valence-electron chi connectivity index (χ4n) is 5.28. The normalized spacial score (nSPS) is 13.8. The van der Waals surface area contributed by atoms with E-state index >= 15 is 0 Å². The molecule has 0 bridgehead atoms. The van der Waals surface area contributed by atoms with Crippen molar-refractivity contribution in [3.05, 3.63) is 119 Å². The molecule has 7 nitrogen and oxygen atoms in total. The Bertz CT molecular complexity index is 1520. The quantitative estimate of drug-likeness (QED) is 0.184. The predicted molar refractivity (Wildman–Crippen MR) is 171 cm³/mol. The smallest absolute Gasteiger partial charge is 0.411 e. The lowest BCUT2D eigenvalue weighted by molar-refractivity contribution is 0.0593. The number of phenolic OH excluding ortho intramolecular Hbond substituents is 1. The van der Waals surface area contributed by atoms with Crippen molar-refractivity contribution in [2.45, 2.75) is 31.8 Å². The van der Waals surface area contributed by atoms with E-state index in [0.717, 1.165) is 61.3 Å². The van der Waals surface area contributed by atoms with Gasteiger partial charge in [0.2, 0.25) is 0 Å². The third kappa shape index (κ3) is 8.60. The summed E-state index contributed by atoms with van der Waals surface area (Å²) < 4.78 is 5.77. The maximum atomic E-state index is 12.7. The molecular weight excluding hydrogens is 562 g/mol. The lowest BCUT2D eigenvalue weighted by Gasteiger charge is -2.31. The Morgan fingerprint density at radius 3 is 2.26 bits per heavy atom. The van der Waals surface area contributed by atoms with Crippen LogP contribution in [0.4, 0.5) is 10.5 Å². The fraction of sp³-hybridized carbons (Fsp3) is 0.257. The minimum atomic E-state index is -0.412. The van der Waals surface area contributed by atoms with Crippen LogP contribution in [0.2, 0.25) is 5.02 Å². The minimum Gasteiger partial charge on any atom is -0.507 e. The number of nitrogens with zero attached hydrogens (tertiary/aromatic N) is 1. The van der Waals surface area contributed by atoms with E-state index in [1.807, 2.05) is 54.6 Å². The van der Waals surface area contributed by atoms with Crippen LogP contribution in [0.25, 0.3) is 11.1 Å². The van der Waals surface area contributed by atoms with Gasteiger partial charge in [-0.05, 0) is 66.6 Å². The van der Waals surface area contributed by atoms with Crippen molar-refractivity contribution < 1.29 is 19.4 Å². The average Bonchev–Trinajstić information content (AvgIpc) is 3.02. The molecule has 0 aliphatic carbocycles.